The molecule has 0 radical (unpaired) electrons. The van der Waals surface area contributed by atoms with E-state index in [-0.39, 0.29) is 0 Å². The van der Waals surface area contributed by atoms with Crippen molar-refractivity contribution in [2.24, 2.45) is 0 Å². The summed E-state index contributed by atoms with van der Waals surface area (Å²) in [7, 11) is 0. The first-order chi connectivity index (χ1) is 5.00. The average Bonchev–Trinajstić information content (AvgIpc) is 1.82. The number of allylic oxidation sites excluding steroid dienone is 1. The van der Waals surface area contributed by atoms with E-state index in [4.69, 9.17) is 15.0 Å². The lowest BCUT2D eigenvalue weighted by atomic mass is 10.2. The van der Waals surface area contributed by atoms with Gasteiger partial charge in [-0.3, -0.25) is 0 Å². The minimum Gasteiger partial charge on any atom is -0.450 e. The van der Waals surface area contributed by atoms with Gasteiger partial charge in [-0.1, -0.05) is 18.9 Å². The maximum absolute atomic E-state index is 8.56. The van der Waals surface area contributed by atoms with E-state index < -0.39 is 6.16 Å². The van der Waals surface area contributed by atoms with Crippen LogP contribution in [0.2, 0.25) is 0 Å². The maximum Gasteiger partial charge on any atom is 0.503 e. The van der Waals surface area contributed by atoms with Gasteiger partial charge in [0.15, 0.2) is 0 Å². The van der Waals surface area contributed by atoms with Gasteiger partial charge >= 0.3 is 6.16 Å². The van der Waals surface area contributed by atoms with Crippen molar-refractivity contribution in [1.82, 2.24) is 0 Å². The third-order valence-corrected chi connectivity index (χ3v) is 0.957. The number of hydrogen-bond acceptors (Lipinski definition) is 1. The molecule has 0 fully saturated rings. The van der Waals surface area contributed by atoms with Crippen molar-refractivity contribution >= 4 is 6.16 Å². The van der Waals surface area contributed by atoms with E-state index in [1.165, 1.54) is 24.8 Å². The Morgan fingerprint density at radius 3 is 1.91 bits per heavy atom. The summed E-state index contributed by atoms with van der Waals surface area (Å²) in [6.07, 6.45) is 1.96. The molecule has 66 valence electrons. The number of carbonyl (C=O) groups is 1. The Kier molecular flexibility index (Phi) is 10.4. The fourth-order valence-electron chi connectivity index (χ4n) is 0.479. The quantitative estimate of drug-likeness (QED) is 0.624. The summed E-state index contributed by atoms with van der Waals surface area (Å²) in [5.41, 5.74) is 1.31. The molecule has 0 spiro atoms. The van der Waals surface area contributed by atoms with Crippen LogP contribution in [0.3, 0.4) is 0 Å². The molecule has 0 atom stereocenters. The van der Waals surface area contributed by atoms with Crippen molar-refractivity contribution in [1.29, 1.82) is 0 Å². The highest BCUT2D eigenvalue weighted by molar-refractivity contribution is 5.53. The smallest absolute Gasteiger partial charge is 0.450 e. The molecule has 0 aromatic rings. The van der Waals surface area contributed by atoms with Crippen LogP contribution < -0.4 is 0 Å². The molecule has 0 bridgehead atoms. The van der Waals surface area contributed by atoms with E-state index in [1.807, 2.05) is 0 Å². The molecule has 11 heavy (non-hydrogen) atoms. The monoisotopic (exact) mass is 160 g/mol. The Bertz CT molecular complexity index is 115. The zero-order valence-corrected chi connectivity index (χ0v) is 7.13. The molecule has 0 rings (SSSR count). The second kappa shape index (κ2) is 9.01. The van der Waals surface area contributed by atoms with Gasteiger partial charge in [-0.05, 0) is 19.8 Å². The van der Waals surface area contributed by atoms with E-state index in [2.05, 4.69) is 20.4 Å². The van der Waals surface area contributed by atoms with Gasteiger partial charge in [-0.2, -0.15) is 0 Å². The summed E-state index contributed by atoms with van der Waals surface area (Å²) < 4.78 is 0. The molecular weight excluding hydrogens is 144 g/mol. The first-order valence-corrected chi connectivity index (χ1v) is 3.57. The van der Waals surface area contributed by atoms with Gasteiger partial charge in [0.2, 0.25) is 0 Å². The molecule has 0 aliphatic heterocycles. The molecule has 0 heterocycles. The summed E-state index contributed by atoms with van der Waals surface area (Å²) in [5.74, 6) is 0. The highest BCUT2D eigenvalue weighted by atomic mass is 16.6. The van der Waals surface area contributed by atoms with Crippen molar-refractivity contribution in [2.45, 2.75) is 33.1 Å². The Hall–Kier alpha value is -0.990. The second-order valence-electron chi connectivity index (χ2n) is 2.34. The van der Waals surface area contributed by atoms with Gasteiger partial charge in [0.05, 0.1) is 0 Å². The summed E-state index contributed by atoms with van der Waals surface area (Å²) in [4.78, 5) is 8.56. The number of unbranched alkanes of at least 4 members (excludes halogenated alkanes) is 1. The fraction of sp³-hybridized carbons (Fsp3) is 0.625. The molecule has 3 heteroatoms. The van der Waals surface area contributed by atoms with E-state index >= 15 is 0 Å². The van der Waals surface area contributed by atoms with Crippen LogP contribution in [0.25, 0.3) is 0 Å². The molecule has 3 nitrogen and oxygen atoms in total. The van der Waals surface area contributed by atoms with Crippen LogP contribution in [0.4, 0.5) is 4.79 Å². The minimum absolute atomic E-state index is 1.20. The van der Waals surface area contributed by atoms with E-state index in [1.54, 1.807) is 0 Å². The third kappa shape index (κ3) is 48.9. The molecule has 2 N–H and O–H groups in total. The molecule has 0 saturated carbocycles. The summed E-state index contributed by atoms with van der Waals surface area (Å²) in [6, 6.07) is 0. The lowest BCUT2D eigenvalue weighted by Crippen LogP contribution is -1.81. The van der Waals surface area contributed by atoms with Gasteiger partial charge in [-0.15, -0.1) is 6.58 Å². The van der Waals surface area contributed by atoms with Crippen LogP contribution >= 0.6 is 0 Å². The predicted molar refractivity (Wildman–Crippen MR) is 45.0 cm³/mol. The van der Waals surface area contributed by atoms with Crippen molar-refractivity contribution in [3.05, 3.63) is 12.2 Å². The van der Waals surface area contributed by atoms with Crippen LogP contribution in [-0.2, 0) is 0 Å². The normalized spacial score (nSPS) is 7.82. The van der Waals surface area contributed by atoms with Crippen LogP contribution in [0.1, 0.15) is 33.1 Å². The maximum atomic E-state index is 8.56. The van der Waals surface area contributed by atoms with E-state index in [0.717, 1.165) is 0 Å². The number of carboxylic acid groups (broad SMARTS) is 2. The zero-order chi connectivity index (χ0) is 9.28. The van der Waals surface area contributed by atoms with Crippen LogP contribution in [0, 0.1) is 0 Å². The summed E-state index contributed by atoms with van der Waals surface area (Å²) >= 11 is 0. The molecule has 0 aromatic carbocycles. The summed E-state index contributed by atoms with van der Waals surface area (Å²) in [6.45, 7) is 8.07. The molecule has 0 aliphatic carbocycles. The highest BCUT2D eigenvalue weighted by Gasteiger charge is 1.81. The standard InChI is InChI=1S/C7H14.CH2O3/c1-4-5-6-7(2)3;2-1(3)4/h2,4-6H2,1,3H3;(H2,2,3,4). The van der Waals surface area contributed by atoms with Gasteiger partial charge in [0.25, 0.3) is 0 Å². The molecule has 0 amide bonds. The molecule has 0 unspecified atom stereocenters. The van der Waals surface area contributed by atoms with Gasteiger partial charge < -0.3 is 10.2 Å². The molecule has 0 aliphatic rings. The Morgan fingerprint density at radius 2 is 1.82 bits per heavy atom. The lowest BCUT2D eigenvalue weighted by molar-refractivity contribution is 0.137. The topological polar surface area (TPSA) is 57.5 Å². The van der Waals surface area contributed by atoms with E-state index in [0.29, 0.717) is 0 Å². The third-order valence-electron chi connectivity index (χ3n) is 0.957. The van der Waals surface area contributed by atoms with Gasteiger partial charge in [0.1, 0.15) is 0 Å². The van der Waals surface area contributed by atoms with Crippen molar-refractivity contribution < 1.29 is 15.0 Å². The van der Waals surface area contributed by atoms with Crippen LogP contribution in [0.15, 0.2) is 12.2 Å². The lowest BCUT2D eigenvalue weighted by Gasteiger charge is -1.91. The molecule has 0 saturated heterocycles. The summed E-state index contributed by atoms with van der Waals surface area (Å²) in [5, 5.41) is 13.9. The van der Waals surface area contributed by atoms with Crippen LogP contribution in [0.5, 0.6) is 0 Å². The van der Waals surface area contributed by atoms with Gasteiger partial charge in [0, 0.05) is 0 Å². The average molecular weight is 160 g/mol. The first-order valence-electron chi connectivity index (χ1n) is 3.57. The Morgan fingerprint density at radius 1 is 1.45 bits per heavy atom. The Balaban J connectivity index is 0. The second-order valence-corrected chi connectivity index (χ2v) is 2.34. The van der Waals surface area contributed by atoms with Gasteiger partial charge in [-0.25, -0.2) is 4.79 Å². The zero-order valence-electron chi connectivity index (χ0n) is 7.13. The van der Waals surface area contributed by atoms with Crippen molar-refractivity contribution in [3.8, 4) is 0 Å². The highest BCUT2D eigenvalue weighted by Crippen LogP contribution is 2.01. The van der Waals surface area contributed by atoms with Crippen LogP contribution in [-0.4, -0.2) is 16.4 Å². The molecule has 0 aromatic heterocycles. The molecular formula is C8H16O3. The number of rotatable bonds is 3. The number of hydrogen-bond donors (Lipinski definition) is 2. The predicted octanol–water partition coefficient (Wildman–Crippen LogP) is 2.98. The SMILES string of the molecule is C=C(C)CCCC.O=C(O)O. The largest absolute Gasteiger partial charge is 0.503 e. The van der Waals surface area contributed by atoms with E-state index in [9.17, 15) is 0 Å². The minimum atomic E-state index is -1.83. The fourth-order valence-corrected chi connectivity index (χ4v) is 0.479. The van der Waals surface area contributed by atoms with Crippen molar-refractivity contribution in [3.63, 3.8) is 0 Å². The Labute approximate surface area is 67.4 Å². The first kappa shape index (κ1) is 12.7. The van der Waals surface area contributed by atoms with Crippen molar-refractivity contribution in [2.75, 3.05) is 0 Å².